The first-order chi connectivity index (χ1) is 13.1. The largest absolute Gasteiger partial charge is 0.274 e. The molecular weight excluding hydrogens is 424 g/mol. The van der Waals surface area contributed by atoms with Gasteiger partial charge in [-0.15, -0.1) is 11.3 Å². The highest BCUT2D eigenvalue weighted by atomic mass is 79.9. The van der Waals surface area contributed by atoms with E-state index in [-0.39, 0.29) is 17.7 Å². The van der Waals surface area contributed by atoms with Crippen LogP contribution >= 0.6 is 27.3 Å². The van der Waals surface area contributed by atoms with E-state index in [1.807, 2.05) is 24.3 Å². The van der Waals surface area contributed by atoms with E-state index in [1.165, 1.54) is 16.2 Å². The molecule has 2 amide bonds. The minimum Gasteiger partial charge on any atom is -0.274 e. The molecule has 6 heteroatoms. The maximum absolute atomic E-state index is 13.5. The van der Waals surface area contributed by atoms with E-state index in [2.05, 4.69) is 45.2 Å². The second-order valence-corrected chi connectivity index (χ2v) is 9.32. The molecule has 2 atom stereocenters. The van der Waals surface area contributed by atoms with Crippen LogP contribution in [0.2, 0.25) is 0 Å². The van der Waals surface area contributed by atoms with Gasteiger partial charge in [0.05, 0.1) is 16.2 Å². The van der Waals surface area contributed by atoms with Crippen molar-refractivity contribution < 1.29 is 9.59 Å². The minimum absolute atomic E-state index is 0.108. The summed E-state index contributed by atoms with van der Waals surface area (Å²) < 4.78 is -0.696. The standard InChI is InChI=1S/C21H13BrN2O2S/c22-21-13-7-3-1-5-11(13)15(12-6-2-4-8-14(12)21)16-17(21)19(26)24(18(16)25)20-23-9-10-27-20/h1-10,15-17H/t15?,16-,17-,21?/m1/s1. The fourth-order valence-corrected chi connectivity index (χ4v) is 7.05. The molecular formula is C21H13BrN2O2S. The third-order valence-electron chi connectivity index (χ3n) is 6.12. The van der Waals surface area contributed by atoms with Gasteiger partial charge in [0, 0.05) is 17.5 Å². The summed E-state index contributed by atoms with van der Waals surface area (Å²) in [5.74, 6) is -1.29. The SMILES string of the molecule is O=C1[C@@H]2C3c4ccccc4C(Br)(c4ccccc43)[C@H]2C(=O)N1c1nccs1. The van der Waals surface area contributed by atoms with Crippen LogP contribution in [0.3, 0.4) is 0 Å². The average molecular weight is 437 g/mol. The van der Waals surface area contributed by atoms with Crippen LogP contribution in [0.15, 0.2) is 60.1 Å². The number of halogens is 1. The molecule has 2 bridgehead atoms. The van der Waals surface area contributed by atoms with Crippen LogP contribution in [0.1, 0.15) is 28.2 Å². The van der Waals surface area contributed by atoms with Gasteiger partial charge in [-0.1, -0.05) is 64.5 Å². The number of carbonyl (C=O) groups is 2. The zero-order valence-corrected chi connectivity index (χ0v) is 16.4. The fourth-order valence-electron chi connectivity index (χ4n) is 5.19. The zero-order valence-electron chi connectivity index (χ0n) is 14.0. The number of hydrogen-bond acceptors (Lipinski definition) is 4. The Bertz CT molecular complexity index is 1080. The van der Waals surface area contributed by atoms with E-state index in [0.717, 1.165) is 22.3 Å². The highest BCUT2D eigenvalue weighted by molar-refractivity contribution is 9.09. The lowest BCUT2D eigenvalue weighted by atomic mass is 9.55. The Morgan fingerprint density at radius 1 is 0.963 bits per heavy atom. The Kier molecular flexibility index (Phi) is 3.00. The summed E-state index contributed by atoms with van der Waals surface area (Å²) in [6.07, 6.45) is 1.63. The van der Waals surface area contributed by atoms with E-state index in [0.29, 0.717) is 5.13 Å². The van der Waals surface area contributed by atoms with Crippen molar-refractivity contribution in [2.24, 2.45) is 11.8 Å². The number of hydrogen-bond donors (Lipinski definition) is 0. The van der Waals surface area contributed by atoms with Gasteiger partial charge in [0.25, 0.3) is 0 Å². The van der Waals surface area contributed by atoms with E-state index < -0.39 is 16.2 Å². The molecule has 27 heavy (non-hydrogen) atoms. The number of aromatic nitrogens is 1. The van der Waals surface area contributed by atoms with Crippen LogP contribution in [-0.4, -0.2) is 16.8 Å². The molecule has 4 nitrogen and oxygen atoms in total. The molecule has 0 saturated carbocycles. The molecule has 0 unspecified atom stereocenters. The van der Waals surface area contributed by atoms with Gasteiger partial charge in [-0.05, 0) is 22.3 Å². The van der Waals surface area contributed by atoms with Gasteiger partial charge >= 0.3 is 0 Å². The molecule has 7 rings (SSSR count). The quantitative estimate of drug-likeness (QED) is 0.427. The lowest BCUT2D eigenvalue weighted by Gasteiger charge is -2.51. The molecule has 0 radical (unpaired) electrons. The lowest BCUT2D eigenvalue weighted by Crippen LogP contribution is -2.50. The molecule has 1 saturated heterocycles. The maximum Gasteiger partial charge on any atom is 0.241 e. The number of carbonyl (C=O) groups excluding carboxylic acids is 2. The Morgan fingerprint density at radius 2 is 1.59 bits per heavy atom. The molecule has 1 fully saturated rings. The van der Waals surface area contributed by atoms with Crippen LogP contribution < -0.4 is 4.90 Å². The number of alkyl halides is 1. The highest BCUT2D eigenvalue weighted by Crippen LogP contribution is 2.66. The topological polar surface area (TPSA) is 50.3 Å². The van der Waals surface area contributed by atoms with Crippen molar-refractivity contribution in [3.8, 4) is 0 Å². The van der Waals surface area contributed by atoms with Gasteiger partial charge in [0.1, 0.15) is 0 Å². The van der Waals surface area contributed by atoms with Gasteiger partial charge < -0.3 is 0 Å². The molecule has 1 aliphatic heterocycles. The Morgan fingerprint density at radius 3 is 2.19 bits per heavy atom. The summed E-state index contributed by atoms with van der Waals surface area (Å²) in [4.78, 5) is 32.5. The van der Waals surface area contributed by atoms with Gasteiger partial charge in [0.15, 0.2) is 5.13 Å². The van der Waals surface area contributed by atoms with Crippen LogP contribution in [-0.2, 0) is 13.9 Å². The van der Waals surface area contributed by atoms with Crippen molar-refractivity contribution in [3.05, 3.63) is 82.4 Å². The first-order valence-corrected chi connectivity index (χ1v) is 10.5. The first kappa shape index (κ1) is 15.7. The second kappa shape index (κ2) is 5.14. The summed E-state index contributed by atoms with van der Waals surface area (Å²) in [7, 11) is 0. The van der Waals surface area contributed by atoms with Crippen molar-refractivity contribution >= 4 is 44.2 Å². The Labute approximate surface area is 168 Å². The third kappa shape index (κ3) is 1.71. The molecule has 132 valence electrons. The highest BCUT2D eigenvalue weighted by Gasteiger charge is 2.67. The predicted molar refractivity (Wildman–Crippen MR) is 106 cm³/mol. The van der Waals surface area contributed by atoms with Crippen molar-refractivity contribution in [3.63, 3.8) is 0 Å². The molecule has 0 spiro atoms. The van der Waals surface area contributed by atoms with Gasteiger partial charge in [-0.2, -0.15) is 0 Å². The first-order valence-electron chi connectivity index (χ1n) is 8.79. The second-order valence-electron chi connectivity index (χ2n) is 7.19. The molecule has 2 aromatic carbocycles. The van der Waals surface area contributed by atoms with Crippen molar-refractivity contribution in [1.82, 2.24) is 4.98 Å². The average Bonchev–Trinajstić information content (AvgIpc) is 3.30. The number of nitrogens with zero attached hydrogens (tertiary/aromatic N) is 2. The monoisotopic (exact) mass is 436 g/mol. The summed E-state index contributed by atoms with van der Waals surface area (Å²) in [6.45, 7) is 0. The summed E-state index contributed by atoms with van der Waals surface area (Å²) in [5.41, 5.74) is 4.46. The van der Waals surface area contributed by atoms with Crippen molar-refractivity contribution in [1.29, 1.82) is 0 Å². The lowest BCUT2D eigenvalue weighted by molar-refractivity contribution is -0.122. The smallest absolute Gasteiger partial charge is 0.241 e. The van der Waals surface area contributed by atoms with E-state index in [4.69, 9.17) is 0 Å². The fraction of sp³-hybridized carbons (Fsp3) is 0.190. The summed E-state index contributed by atoms with van der Waals surface area (Å²) >= 11 is 5.30. The van der Waals surface area contributed by atoms with E-state index in [9.17, 15) is 9.59 Å². The van der Waals surface area contributed by atoms with E-state index in [1.54, 1.807) is 11.6 Å². The molecule has 2 heterocycles. The molecule has 4 aliphatic rings. The number of amides is 2. The van der Waals surface area contributed by atoms with Crippen molar-refractivity contribution in [2.75, 3.05) is 4.90 Å². The molecule has 0 N–H and O–H groups in total. The van der Waals surface area contributed by atoms with Crippen molar-refractivity contribution in [2.45, 2.75) is 10.2 Å². The summed E-state index contributed by atoms with van der Waals surface area (Å²) in [6, 6.07) is 16.3. The molecule has 3 aliphatic carbocycles. The Balaban J connectivity index is 1.66. The van der Waals surface area contributed by atoms with Crippen LogP contribution in [0.4, 0.5) is 5.13 Å². The summed E-state index contributed by atoms with van der Waals surface area (Å²) in [5, 5.41) is 2.25. The van der Waals surface area contributed by atoms with Gasteiger partial charge in [0.2, 0.25) is 11.8 Å². The van der Waals surface area contributed by atoms with Crippen LogP contribution in [0, 0.1) is 11.8 Å². The minimum atomic E-state index is -0.696. The van der Waals surface area contributed by atoms with Crippen LogP contribution in [0.25, 0.3) is 0 Å². The number of thiazole rings is 1. The predicted octanol–water partition coefficient (Wildman–Crippen LogP) is 4.05. The third-order valence-corrected chi connectivity index (χ3v) is 8.23. The number of benzene rings is 2. The normalized spacial score (nSPS) is 30.3. The number of anilines is 1. The van der Waals surface area contributed by atoms with E-state index >= 15 is 0 Å². The molecule has 1 aromatic heterocycles. The zero-order chi connectivity index (χ0) is 18.3. The molecule has 3 aromatic rings. The Hall–Kier alpha value is -2.31. The number of rotatable bonds is 1. The van der Waals surface area contributed by atoms with Gasteiger partial charge in [-0.3, -0.25) is 9.59 Å². The maximum atomic E-state index is 13.5. The van der Waals surface area contributed by atoms with Crippen LogP contribution in [0.5, 0.6) is 0 Å². The van der Waals surface area contributed by atoms with Gasteiger partial charge in [-0.25, -0.2) is 9.88 Å². The number of imide groups is 1.